The first kappa shape index (κ1) is 43.6. The summed E-state index contributed by atoms with van der Waals surface area (Å²) in [5.74, 6) is -10.5. The molecule has 0 aromatic carbocycles. The number of carboxylic acid groups (broad SMARTS) is 3. The maximum atomic E-state index is 13.8. The fraction of sp³-hybridized carbons (Fsp3) is 0.710. The van der Waals surface area contributed by atoms with Crippen molar-refractivity contribution in [3.63, 3.8) is 0 Å². The number of nitrogens with zero attached hydrogens (tertiary/aromatic N) is 1. The van der Waals surface area contributed by atoms with E-state index in [1.165, 1.54) is 18.7 Å². The first-order valence-corrected chi connectivity index (χ1v) is 16.6. The highest BCUT2D eigenvalue weighted by Crippen LogP contribution is 2.23. The third kappa shape index (κ3) is 13.1. The van der Waals surface area contributed by atoms with Crippen molar-refractivity contribution in [3.05, 3.63) is 0 Å². The minimum atomic E-state index is -1.78. The zero-order valence-electron chi connectivity index (χ0n) is 29.3. The van der Waals surface area contributed by atoms with Gasteiger partial charge in [0.1, 0.15) is 36.3 Å². The standard InChI is InChI=1S/C31H50N6O12S/c1-8-15(4)23(35-26(44)18(13-21(41)42)33-25(43)17(12-20(39)40)32-16(5)38)28(46)34-22(14(2)3)29(47)37-11-9-10-19(37)27(45)36-24(30(48)49)31(6,7)50/h14-15,17-19,22-24,50H,8-13H2,1-7H3,(H,32,38)(H,33,43)(H,34,46)(H,35,44)(H,36,45)(H,39,40)(H,41,42)(H,48,49)/t15-,17-,18-,19-,22-,23-,24+/m0/s1. The van der Waals surface area contributed by atoms with Crippen LogP contribution in [0.4, 0.5) is 0 Å². The molecule has 1 heterocycles. The number of hydrogen-bond donors (Lipinski definition) is 9. The minimum Gasteiger partial charge on any atom is -0.481 e. The molecule has 0 saturated carbocycles. The first-order valence-electron chi connectivity index (χ1n) is 16.2. The van der Waals surface area contributed by atoms with Gasteiger partial charge >= 0.3 is 17.9 Å². The Morgan fingerprint density at radius 2 is 1.28 bits per heavy atom. The Kier molecular flexibility index (Phi) is 16.7. The topological polar surface area (TPSA) is 278 Å². The summed E-state index contributed by atoms with van der Waals surface area (Å²) in [6, 6.07) is -8.33. The van der Waals surface area contributed by atoms with E-state index in [4.69, 9.17) is 5.11 Å². The van der Waals surface area contributed by atoms with Gasteiger partial charge in [0.15, 0.2) is 0 Å². The Labute approximate surface area is 295 Å². The summed E-state index contributed by atoms with van der Waals surface area (Å²) < 4.78 is -1.13. The Hall–Kier alpha value is -4.42. The molecule has 1 fully saturated rings. The van der Waals surface area contributed by atoms with Gasteiger partial charge < -0.3 is 46.8 Å². The fourth-order valence-corrected chi connectivity index (χ4v) is 5.43. The van der Waals surface area contributed by atoms with Gasteiger partial charge in [-0.15, -0.1) is 0 Å². The van der Waals surface area contributed by atoms with Crippen molar-refractivity contribution in [2.75, 3.05) is 6.54 Å². The first-order chi connectivity index (χ1) is 23.0. The summed E-state index contributed by atoms with van der Waals surface area (Å²) in [5.41, 5.74) is 0. The number of hydrogen-bond acceptors (Lipinski definition) is 10. The molecule has 18 nitrogen and oxygen atoms in total. The van der Waals surface area contributed by atoms with Crippen LogP contribution in [0.3, 0.4) is 0 Å². The van der Waals surface area contributed by atoms with Gasteiger partial charge in [0.2, 0.25) is 35.4 Å². The molecule has 282 valence electrons. The normalized spacial score (nSPS) is 18.0. The molecule has 0 unspecified atom stereocenters. The molecule has 1 aliphatic heterocycles. The van der Waals surface area contributed by atoms with Crippen LogP contribution in [0.5, 0.6) is 0 Å². The van der Waals surface area contributed by atoms with E-state index in [-0.39, 0.29) is 13.0 Å². The SMILES string of the molecule is CC[C@H](C)[C@H](NC(=O)[C@H](CC(=O)O)NC(=O)[C@H](CC(=O)O)NC(C)=O)C(=O)N[C@H](C(=O)N1CCC[C@H]1C(=O)N[C@H](C(=O)O)C(C)(C)S)C(C)C. The maximum absolute atomic E-state index is 13.8. The zero-order valence-corrected chi connectivity index (χ0v) is 30.2. The predicted molar refractivity (Wildman–Crippen MR) is 180 cm³/mol. The van der Waals surface area contributed by atoms with Gasteiger partial charge in [-0.1, -0.05) is 34.1 Å². The van der Waals surface area contributed by atoms with Crippen molar-refractivity contribution in [1.29, 1.82) is 0 Å². The Balaban J connectivity index is 3.27. The van der Waals surface area contributed by atoms with Gasteiger partial charge in [-0.3, -0.25) is 38.4 Å². The number of thiol groups is 1. The maximum Gasteiger partial charge on any atom is 0.327 e. The second-order valence-corrected chi connectivity index (χ2v) is 14.4. The van der Waals surface area contributed by atoms with Crippen molar-refractivity contribution in [2.24, 2.45) is 11.8 Å². The lowest BCUT2D eigenvalue weighted by molar-refractivity contribution is -0.146. The average molecular weight is 731 g/mol. The van der Waals surface area contributed by atoms with Gasteiger partial charge in [-0.2, -0.15) is 12.6 Å². The van der Waals surface area contributed by atoms with Gasteiger partial charge in [-0.25, -0.2) is 4.79 Å². The van der Waals surface area contributed by atoms with E-state index in [2.05, 4.69) is 39.2 Å². The van der Waals surface area contributed by atoms with Crippen LogP contribution in [-0.2, 0) is 43.2 Å². The quantitative estimate of drug-likeness (QED) is 0.0714. The molecular weight excluding hydrogens is 680 g/mol. The summed E-state index contributed by atoms with van der Waals surface area (Å²) in [4.78, 5) is 114. The molecule has 19 heteroatoms. The third-order valence-electron chi connectivity index (χ3n) is 8.19. The summed E-state index contributed by atoms with van der Waals surface area (Å²) in [7, 11) is 0. The molecule has 0 radical (unpaired) electrons. The fourth-order valence-electron chi connectivity index (χ4n) is 5.26. The molecule has 1 saturated heterocycles. The average Bonchev–Trinajstić information content (AvgIpc) is 3.48. The molecule has 7 atom stereocenters. The van der Waals surface area contributed by atoms with Crippen LogP contribution in [0.15, 0.2) is 0 Å². The number of nitrogens with one attached hydrogen (secondary N) is 5. The van der Waals surface area contributed by atoms with Crippen LogP contribution in [0, 0.1) is 11.8 Å². The summed E-state index contributed by atoms with van der Waals surface area (Å²) >= 11 is 4.27. The van der Waals surface area contributed by atoms with E-state index in [0.717, 1.165) is 6.92 Å². The molecule has 1 rings (SSSR count). The van der Waals surface area contributed by atoms with Crippen LogP contribution in [-0.4, -0.2) is 121 Å². The van der Waals surface area contributed by atoms with Gasteiger partial charge in [0.25, 0.3) is 0 Å². The number of carbonyl (C=O) groups excluding carboxylic acids is 6. The molecular formula is C31H50N6O12S. The molecule has 8 N–H and O–H groups in total. The van der Waals surface area contributed by atoms with Crippen molar-refractivity contribution in [2.45, 2.75) is 122 Å². The van der Waals surface area contributed by atoms with Crippen molar-refractivity contribution < 1.29 is 58.5 Å². The van der Waals surface area contributed by atoms with Crippen LogP contribution in [0.1, 0.15) is 80.6 Å². The predicted octanol–water partition coefficient (Wildman–Crippen LogP) is -1.13. The molecule has 0 aromatic heterocycles. The molecule has 0 aromatic rings. The van der Waals surface area contributed by atoms with Gasteiger partial charge in [-0.05, 0) is 38.5 Å². The van der Waals surface area contributed by atoms with E-state index in [1.807, 2.05) is 0 Å². The number of carbonyl (C=O) groups is 9. The second kappa shape index (κ2) is 19.1. The molecule has 0 aliphatic carbocycles. The van der Waals surface area contributed by atoms with E-state index in [9.17, 15) is 53.4 Å². The second-order valence-electron chi connectivity index (χ2n) is 13.2. The highest BCUT2D eigenvalue weighted by atomic mass is 32.1. The van der Waals surface area contributed by atoms with E-state index in [0.29, 0.717) is 12.8 Å². The van der Waals surface area contributed by atoms with E-state index in [1.54, 1.807) is 27.7 Å². The summed E-state index contributed by atoms with van der Waals surface area (Å²) in [5, 5.41) is 40.0. The van der Waals surface area contributed by atoms with Crippen molar-refractivity contribution >= 4 is 66.0 Å². The molecule has 6 amide bonds. The lowest BCUT2D eigenvalue weighted by Crippen LogP contribution is -2.62. The summed E-state index contributed by atoms with van der Waals surface area (Å²) in [6.07, 6.45) is -0.805. The molecule has 1 aliphatic rings. The van der Waals surface area contributed by atoms with Gasteiger partial charge in [0.05, 0.1) is 12.8 Å². The number of aliphatic carboxylic acids is 3. The minimum absolute atomic E-state index is 0.154. The van der Waals surface area contributed by atoms with E-state index >= 15 is 0 Å². The lowest BCUT2D eigenvalue weighted by atomic mass is 9.95. The number of carboxylic acids is 3. The lowest BCUT2D eigenvalue weighted by Gasteiger charge is -2.34. The largest absolute Gasteiger partial charge is 0.481 e. The van der Waals surface area contributed by atoms with Crippen molar-refractivity contribution in [1.82, 2.24) is 31.5 Å². The summed E-state index contributed by atoms with van der Waals surface area (Å²) in [6.45, 7) is 10.8. The Morgan fingerprint density at radius 1 is 0.780 bits per heavy atom. The smallest absolute Gasteiger partial charge is 0.327 e. The van der Waals surface area contributed by atoms with E-state index < -0.39 is 119 Å². The Bertz CT molecular complexity index is 1300. The number of rotatable bonds is 19. The zero-order chi connectivity index (χ0) is 38.7. The highest BCUT2D eigenvalue weighted by Gasteiger charge is 2.43. The monoisotopic (exact) mass is 730 g/mol. The molecule has 0 spiro atoms. The number of amides is 6. The van der Waals surface area contributed by atoms with Crippen molar-refractivity contribution in [3.8, 4) is 0 Å². The van der Waals surface area contributed by atoms with Crippen LogP contribution in [0.25, 0.3) is 0 Å². The number of likely N-dealkylation sites (tertiary alicyclic amines) is 1. The highest BCUT2D eigenvalue weighted by molar-refractivity contribution is 7.81. The third-order valence-corrected chi connectivity index (χ3v) is 8.44. The van der Waals surface area contributed by atoms with Crippen LogP contribution < -0.4 is 26.6 Å². The Morgan fingerprint density at radius 3 is 1.72 bits per heavy atom. The van der Waals surface area contributed by atoms with Gasteiger partial charge in [0, 0.05) is 18.2 Å². The molecule has 50 heavy (non-hydrogen) atoms. The van der Waals surface area contributed by atoms with Crippen LogP contribution >= 0.6 is 12.6 Å². The van der Waals surface area contributed by atoms with Crippen LogP contribution in [0.2, 0.25) is 0 Å². The molecule has 0 bridgehead atoms.